The maximum absolute atomic E-state index is 13.0. The molecule has 28 heavy (non-hydrogen) atoms. The third-order valence-electron chi connectivity index (χ3n) is 5.06. The van der Waals surface area contributed by atoms with Crippen molar-refractivity contribution in [2.24, 2.45) is 0 Å². The van der Waals surface area contributed by atoms with Crippen molar-refractivity contribution >= 4 is 28.6 Å². The molecule has 0 spiro atoms. The molecule has 2 aromatic carbocycles. The number of nitriles is 1. The number of para-hydroxylation sites is 1. The Balaban J connectivity index is 1.60. The van der Waals surface area contributed by atoms with Gasteiger partial charge in [-0.3, -0.25) is 14.5 Å². The van der Waals surface area contributed by atoms with Crippen LogP contribution in [0.2, 0.25) is 0 Å². The van der Waals surface area contributed by atoms with E-state index in [-0.39, 0.29) is 12.3 Å². The normalized spacial score (nSPS) is 18.9. The fourth-order valence-corrected chi connectivity index (χ4v) is 3.45. The minimum Gasteiger partial charge on any atom is -0.360 e. The van der Waals surface area contributed by atoms with E-state index in [1.807, 2.05) is 30.3 Å². The van der Waals surface area contributed by atoms with Crippen molar-refractivity contribution in [3.63, 3.8) is 0 Å². The van der Waals surface area contributed by atoms with Crippen LogP contribution in [0.25, 0.3) is 10.9 Å². The van der Waals surface area contributed by atoms with Gasteiger partial charge >= 0.3 is 6.03 Å². The zero-order valence-electron chi connectivity index (χ0n) is 15.0. The molecular weight excluding hydrogens is 356 g/mol. The number of rotatable bonds is 4. The number of carbonyl (C=O) groups is 3. The summed E-state index contributed by atoms with van der Waals surface area (Å²) >= 11 is 0. The lowest BCUT2D eigenvalue weighted by Gasteiger charge is -2.22. The number of benzene rings is 2. The number of imide groups is 1. The summed E-state index contributed by atoms with van der Waals surface area (Å²) in [6.45, 7) is 1.24. The smallest absolute Gasteiger partial charge is 0.325 e. The van der Waals surface area contributed by atoms with Gasteiger partial charge in [-0.25, -0.2) is 4.79 Å². The maximum Gasteiger partial charge on any atom is 0.325 e. The molecule has 7 heteroatoms. The Hall–Kier alpha value is -3.92. The molecule has 0 bridgehead atoms. The summed E-state index contributed by atoms with van der Waals surface area (Å²) in [7, 11) is 0. The zero-order chi connectivity index (χ0) is 19.9. The van der Waals surface area contributed by atoms with Gasteiger partial charge in [0.05, 0.1) is 18.2 Å². The van der Waals surface area contributed by atoms with E-state index in [9.17, 15) is 14.4 Å². The number of nitrogens with one attached hydrogen (secondary N) is 2. The Morgan fingerprint density at radius 2 is 1.86 bits per heavy atom. The van der Waals surface area contributed by atoms with Crippen LogP contribution in [0.4, 0.5) is 4.79 Å². The highest BCUT2D eigenvalue weighted by atomic mass is 16.2. The summed E-state index contributed by atoms with van der Waals surface area (Å²) in [5, 5.41) is 12.3. The Morgan fingerprint density at radius 1 is 1.14 bits per heavy atom. The van der Waals surface area contributed by atoms with Gasteiger partial charge in [0, 0.05) is 22.7 Å². The Kier molecular flexibility index (Phi) is 3.97. The number of amides is 3. The molecule has 2 heterocycles. The first-order chi connectivity index (χ1) is 13.4. The highest BCUT2D eigenvalue weighted by Crippen LogP contribution is 2.29. The molecule has 1 atom stereocenters. The molecule has 1 aliphatic heterocycles. The van der Waals surface area contributed by atoms with Crippen LogP contribution in [0.15, 0.2) is 54.7 Å². The van der Waals surface area contributed by atoms with E-state index in [2.05, 4.69) is 10.3 Å². The first-order valence-corrected chi connectivity index (χ1v) is 8.68. The number of aromatic amines is 1. The number of nitrogens with zero attached hydrogens (tertiary/aromatic N) is 2. The number of Topliss-reactive ketones (excluding diaryl/α,β-unsaturated/α-hetero) is 1. The van der Waals surface area contributed by atoms with Gasteiger partial charge < -0.3 is 10.3 Å². The molecule has 4 rings (SSSR count). The zero-order valence-corrected chi connectivity index (χ0v) is 15.0. The van der Waals surface area contributed by atoms with E-state index in [4.69, 9.17) is 5.26 Å². The Labute approximate surface area is 160 Å². The number of aromatic nitrogens is 1. The van der Waals surface area contributed by atoms with E-state index in [0.717, 1.165) is 15.8 Å². The fourth-order valence-electron chi connectivity index (χ4n) is 3.45. The lowest BCUT2D eigenvalue weighted by Crippen LogP contribution is -2.41. The SMILES string of the molecule is CC1(c2ccc(C#N)cc2)NC(=O)N(CC(=O)c2c[nH]c3ccccc23)C1=O. The van der Waals surface area contributed by atoms with Crippen molar-refractivity contribution in [1.29, 1.82) is 5.26 Å². The van der Waals surface area contributed by atoms with Gasteiger partial charge in [0.25, 0.3) is 5.91 Å². The van der Waals surface area contributed by atoms with Crippen LogP contribution in [0.5, 0.6) is 0 Å². The Morgan fingerprint density at radius 3 is 2.57 bits per heavy atom. The van der Waals surface area contributed by atoms with Crippen molar-refractivity contribution in [2.75, 3.05) is 6.54 Å². The van der Waals surface area contributed by atoms with Crippen molar-refractivity contribution in [3.8, 4) is 6.07 Å². The number of carbonyl (C=O) groups excluding carboxylic acids is 3. The average Bonchev–Trinajstić information content (AvgIpc) is 3.23. The van der Waals surface area contributed by atoms with Crippen molar-refractivity contribution in [1.82, 2.24) is 15.2 Å². The molecule has 2 N–H and O–H groups in total. The van der Waals surface area contributed by atoms with Crippen LogP contribution in [0, 0.1) is 11.3 Å². The first kappa shape index (κ1) is 17.5. The van der Waals surface area contributed by atoms with Crippen LogP contribution in [-0.2, 0) is 10.3 Å². The van der Waals surface area contributed by atoms with Crippen LogP contribution >= 0.6 is 0 Å². The number of hydrogen-bond donors (Lipinski definition) is 2. The summed E-state index contributed by atoms with van der Waals surface area (Å²) < 4.78 is 0. The molecule has 7 nitrogen and oxygen atoms in total. The molecule has 1 saturated heterocycles. The molecule has 3 amide bonds. The van der Waals surface area contributed by atoms with E-state index in [1.54, 1.807) is 37.4 Å². The van der Waals surface area contributed by atoms with E-state index in [1.165, 1.54) is 0 Å². The van der Waals surface area contributed by atoms with E-state index in [0.29, 0.717) is 16.7 Å². The standard InChI is InChI=1S/C21H16N4O3/c1-21(14-8-6-13(10-22)7-9-14)19(27)25(20(28)24-21)12-18(26)16-11-23-17-5-3-2-4-15(16)17/h2-9,11,23H,12H2,1H3,(H,24,28). The second kappa shape index (κ2) is 6.35. The molecule has 1 unspecified atom stereocenters. The second-order valence-electron chi connectivity index (χ2n) is 6.81. The lowest BCUT2D eigenvalue weighted by atomic mass is 9.91. The number of ketones is 1. The molecule has 0 aliphatic carbocycles. The molecule has 3 aromatic rings. The van der Waals surface area contributed by atoms with Crippen molar-refractivity contribution < 1.29 is 14.4 Å². The van der Waals surface area contributed by atoms with E-state index < -0.39 is 17.5 Å². The maximum atomic E-state index is 13.0. The monoisotopic (exact) mass is 372 g/mol. The summed E-state index contributed by atoms with van der Waals surface area (Å²) in [4.78, 5) is 42.1. The summed E-state index contributed by atoms with van der Waals surface area (Å²) in [5.74, 6) is -0.833. The number of urea groups is 1. The van der Waals surface area contributed by atoms with Crippen molar-refractivity contribution in [3.05, 3.63) is 71.4 Å². The van der Waals surface area contributed by atoms with Gasteiger partial charge in [-0.15, -0.1) is 0 Å². The van der Waals surface area contributed by atoms with Gasteiger partial charge in [0.2, 0.25) is 0 Å². The molecular formula is C21H16N4O3. The summed E-state index contributed by atoms with van der Waals surface area (Å²) in [6, 6.07) is 15.1. The third-order valence-corrected chi connectivity index (χ3v) is 5.06. The minimum absolute atomic E-state index is 0.329. The molecule has 1 aliphatic rings. The topological polar surface area (TPSA) is 106 Å². The summed E-state index contributed by atoms with van der Waals surface area (Å²) in [6.07, 6.45) is 1.59. The van der Waals surface area contributed by atoms with Gasteiger partial charge in [0.15, 0.2) is 5.78 Å². The Bertz CT molecular complexity index is 1160. The van der Waals surface area contributed by atoms with Crippen molar-refractivity contribution in [2.45, 2.75) is 12.5 Å². The molecule has 1 fully saturated rings. The minimum atomic E-state index is -1.29. The third kappa shape index (κ3) is 2.63. The molecule has 1 aromatic heterocycles. The average molecular weight is 372 g/mol. The van der Waals surface area contributed by atoms with Crippen LogP contribution in [-0.4, -0.2) is 34.2 Å². The first-order valence-electron chi connectivity index (χ1n) is 8.68. The fraction of sp³-hybridized carbons (Fsp3) is 0.143. The quantitative estimate of drug-likeness (QED) is 0.542. The van der Waals surface area contributed by atoms with Gasteiger partial charge in [-0.05, 0) is 30.7 Å². The molecule has 0 radical (unpaired) electrons. The second-order valence-corrected chi connectivity index (χ2v) is 6.81. The van der Waals surface area contributed by atoms with Gasteiger partial charge in [-0.1, -0.05) is 30.3 Å². The number of hydrogen-bond acceptors (Lipinski definition) is 4. The molecule has 0 saturated carbocycles. The highest BCUT2D eigenvalue weighted by Gasteiger charge is 2.49. The predicted molar refractivity (Wildman–Crippen MR) is 101 cm³/mol. The number of H-pyrrole nitrogens is 1. The van der Waals surface area contributed by atoms with Gasteiger partial charge in [0.1, 0.15) is 5.54 Å². The van der Waals surface area contributed by atoms with E-state index >= 15 is 0 Å². The summed E-state index contributed by atoms with van der Waals surface area (Å²) in [5.41, 5.74) is 0.960. The predicted octanol–water partition coefficient (Wildman–Crippen LogP) is 2.69. The van der Waals surface area contributed by atoms with Crippen LogP contribution in [0.1, 0.15) is 28.4 Å². The lowest BCUT2D eigenvalue weighted by molar-refractivity contribution is -0.130. The largest absolute Gasteiger partial charge is 0.360 e. The molecule has 138 valence electrons. The van der Waals surface area contributed by atoms with Gasteiger partial charge in [-0.2, -0.15) is 5.26 Å². The highest BCUT2D eigenvalue weighted by molar-refractivity contribution is 6.14. The van der Waals surface area contributed by atoms with Crippen LogP contribution < -0.4 is 5.32 Å². The number of fused-ring (bicyclic) bond motifs is 1. The van der Waals surface area contributed by atoms with Crippen LogP contribution in [0.3, 0.4) is 0 Å².